The molecule has 0 bridgehead atoms. The maximum absolute atomic E-state index is 8.00. The molecule has 2 N–H and O–H groups in total. The van der Waals surface area contributed by atoms with Crippen molar-refractivity contribution in [1.29, 1.82) is 0 Å². The Morgan fingerprint density at radius 1 is 1.12 bits per heavy atom. The fraction of sp³-hybridized carbons (Fsp3) is 0.500. The normalized spacial score (nSPS) is 16.0. The second-order valence-corrected chi connectivity index (χ2v) is 4.05. The van der Waals surface area contributed by atoms with Crippen LogP contribution < -0.4 is 5.32 Å². The lowest BCUT2D eigenvalue weighted by atomic mass is 9.95. The zero-order valence-electron chi connectivity index (χ0n) is 9.34. The fourth-order valence-corrected chi connectivity index (χ4v) is 2.14. The van der Waals surface area contributed by atoms with E-state index in [1.807, 2.05) is 0 Å². The summed E-state index contributed by atoms with van der Waals surface area (Å²) in [6.07, 6.45) is 7.09. The highest BCUT2D eigenvalue weighted by atomic mass is 16.6. The molecular weight excluding hydrogens is 204 g/mol. The van der Waals surface area contributed by atoms with Crippen molar-refractivity contribution in [3.05, 3.63) is 40.4 Å². The minimum Gasteiger partial charge on any atom is -0.444 e. The van der Waals surface area contributed by atoms with E-state index in [2.05, 4.69) is 35.6 Å². The van der Waals surface area contributed by atoms with E-state index in [4.69, 9.17) is 10.1 Å². The summed E-state index contributed by atoms with van der Waals surface area (Å²) in [6, 6.07) is 11.6. The molecule has 1 fully saturated rings. The van der Waals surface area contributed by atoms with Gasteiger partial charge in [-0.25, -0.2) is 0 Å². The molecule has 88 valence electrons. The van der Waals surface area contributed by atoms with Crippen molar-refractivity contribution in [3.8, 4) is 0 Å². The number of benzene rings is 1. The van der Waals surface area contributed by atoms with Crippen LogP contribution in [0.1, 0.15) is 32.1 Å². The van der Waals surface area contributed by atoms with Crippen LogP contribution in [0.15, 0.2) is 35.7 Å². The number of hydrogen-bond acceptors (Lipinski definition) is 3. The standard InChI is InChI=1S/C12H17N.HNO2/c1-3-7-11(8-4-1)13-12-9-5-2-6-10-12;2-1-3/h1,3-4,7-8,12-13H,2,5-6,9-10H2;(H,2,3). The number of para-hydroxylation sites is 1. The van der Waals surface area contributed by atoms with Gasteiger partial charge in [-0.05, 0) is 37.8 Å². The van der Waals surface area contributed by atoms with E-state index in [1.165, 1.54) is 37.8 Å². The molecule has 0 heterocycles. The van der Waals surface area contributed by atoms with Crippen LogP contribution in [0.25, 0.3) is 0 Å². The first-order valence-electron chi connectivity index (χ1n) is 5.71. The minimum absolute atomic E-state index is 0.844. The third-order valence-electron chi connectivity index (χ3n) is 2.88. The lowest BCUT2D eigenvalue weighted by Gasteiger charge is -2.19. The molecule has 2 rings (SSSR count). The van der Waals surface area contributed by atoms with Gasteiger partial charge in [0.2, 0.25) is 0 Å². The van der Waals surface area contributed by atoms with Crippen molar-refractivity contribution in [2.24, 2.45) is 5.34 Å². The van der Waals surface area contributed by atoms with Crippen molar-refractivity contribution in [3.63, 3.8) is 0 Å². The fourth-order valence-electron chi connectivity index (χ4n) is 2.14. The maximum Gasteiger partial charge on any atom is 0.129 e. The highest BCUT2D eigenvalue weighted by molar-refractivity contribution is 5.26. The number of rotatable bonds is 2. The lowest BCUT2D eigenvalue weighted by molar-refractivity contribution is -0.614. The number of hydrogen-bond donors (Lipinski definition) is 1. The van der Waals surface area contributed by atoms with Gasteiger partial charge in [-0.15, -0.1) is 5.34 Å². The minimum atomic E-state index is 0.844. The molecular formula is C12H18N2O2. The highest BCUT2D eigenvalue weighted by Crippen LogP contribution is 2.15. The average molecular weight is 222 g/mol. The van der Waals surface area contributed by atoms with E-state index >= 15 is 0 Å². The Morgan fingerprint density at radius 3 is 2.25 bits per heavy atom. The van der Waals surface area contributed by atoms with Gasteiger partial charge in [-0.2, -0.15) is 0 Å². The van der Waals surface area contributed by atoms with Crippen molar-refractivity contribution in [2.45, 2.75) is 38.1 Å². The lowest BCUT2D eigenvalue weighted by Crippen LogP contribution is -2.84. The maximum atomic E-state index is 8.00. The second-order valence-electron chi connectivity index (χ2n) is 4.05. The second kappa shape index (κ2) is 7.82. The first-order chi connectivity index (χ1) is 7.86. The number of nitrogens with two attached hydrogens (primary N) is 1. The molecule has 16 heavy (non-hydrogen) atoms. The SMILES string of the molecule is O=N[O-].c1ccc([NH2+]C2CCCCC2)cc1. The van der Waals surface area contributed by atoms with Crippen molar-refractivity contribution in [2.75, 3.05) is 0 Å². The summed E-state index contributed by atoms with van der Waals surface area (Å²) < 4.78 is 0. The summed E-state index contributed by atoms with van der Waals surface area (Å²) in [5.41, 5.74) is 1.40. The Labute approximate surface area is 95.6 Å². The van der Waals surface area contributed by atoms with Crippen LogP contribution in [0.2, 0.25) is 0 Å². The van der Waals surface area contributed by atoms with Gasteiger partial charge in [0.25, 0.3) is 0 Å². The highest BCUT2D eigenvalue weighted by Gasteiger charge is 2.16. The zero-order chi connectivity index (χ0) is 11.6. The van der Waals surface area contributed by atoms with Crippen LogP contribution in [0.5, 0.6) is 0 Å². The monoisotopic (exact) mass is 222 g/mol. The summed E-state index contributed by atoms with van der Waals surface area (Å²) in [4.78, 5) is 8.00. The van der Waals surface area contributed by atoms with E-state index in [1.54, 1.807) is 0 Å². The summed E-state index contributed by atoms with van der Waals surface area (Å²) in [5.74, 6) is 0. The quantitative estimate of drug-likeness (QED) is 0.474. The van der Waals surface area contributed by atoms with Gasteiger partial charge in [0.15, 0.2) is 0 Å². The Bertz CT molecular complexity index is 284. The van der Waals surface area contributed by atoms with Crippen molar-refractivity contribution in [1.82, 2.24) is 0 Å². The zero-order valence-corrected chi connectivity index (χ0v) is 9.34. The largest absolute Gasteiger partial charge is 0.444 e. The van der Waals surface area contributed by atoms with Gasteiger partial charge in [-0.3, -0.25) is 0 Å². The molecule has 0 atom stereocenters. The molecule has 0 aromatic heterocycles. The molecule has 0 unspecified atom stereocenters. The van der Waals surface area contributed by atoms with Crippen LogP contribution in [0.4, 0.5) is 5.69 Å². The Kier molecular flexibility index (Phi) is 6.18. The van der Waals surface area contributed by atoms with Crippen molar-refractivity contribution < 1.29 is 5.32 Å². The van der Waals surface area contributed by atoms with Gasteiger partial charge in [0, 0.05) is 0 Å². The van der Waals surface area contributed by atoms with Gasteiger partial charge >= 0.3 is 0 Å². The summed E-state index contributed by atoms with van der Waals surface area (Å²) in [6.45, 7) is 0. The van der Waals surface area contributed by atoms with Crippen LogP contribution >= 0.6 is 0 Å². The molecule has 4 nitrogen and oxygen atoms in total. The van der Waals surface area contributed by atoms with E-state index in [0.717, 1.165) is 11.4 Å². The average Bonchev–Trinajstić information content (AvgIpc) is 2.33. The molecule has 1 aliphatic carbocycles. The first kappa shape index (κ1) is 12.6. The van der Waals surface area contributed by atoms with Gasteiger partial charge in [0.05, 0.1) is 6.04 Å². The predicted molar refractivity (Wildman–Crippen MR) is 64.1 cm³/mol. The third kappa shape index (κ3) is 4.89. The molecule has 0 aliphatic heterocycles. The Hall–Kier alpha value is -1.42. The number of quaternary nitrogens is 1. The Balaban J connectivity index is 0.000000386. The smallest absolute Gasteiger partial charge is 0.129 e. The number of nitrogens with zero attached hydrogens (tertiary/aromatic N) is 1. The molecule has 1 aromatic carbocycles. The molecule has 0 radical (unpaired) electrons. The van der Waals surface area contributed by atoms with Gasteiger partial charge < -0.3 is 15.4 Å². The third-order valence-corrected chi connectivity index (χ3v) is 2.88. The summed E-state index contributed by atoms with van der Waals surface area (Å²) >= 11 is 0. The summed E-state index contributed by atoms with van der Waals surface area (Å²) in [7, 11) is 0. The van der Waals surface area contributed by atoms with Gasteiger partial charge in [-0.1, -0.05) is 24.6 Å². The van der Waals surface area contributed by atoms with E-state index in [9.17, 15) is 0 Å². The molecule has 0 spiro atoms. The van der Waals surface area contributed by atoms with Crippen molar-refractivity contribution >= 4 is 5.69 Å². The molecule has 0 saturated heterocycles. The molecule has 0 amide bonds. The summed E-state index contributed by atoms with van der Waals surface area (Å²) in [5, 5.41) is 11.4. The Morgan fingerprint density at radius 2 is 1.69 bits per heavy atom. The molecule has 1 aromatic rings. The van der Waals surface area contributed by atoms with E-state index < -0.39 is 0 Å². The first-order valence-corrected chi connectivity index (χ1v) is 5.71. The van der Waals surface area contributed by atoms with E-state index in [0.29, 0.717) is 0 Å². The molecule has 1 aliphatic rings. The van der Waals surface area contributed by atoms with Crippen LogP contribution in [-0.2, 0) is 0 Å². The van der Waals surface area contributed by atoms with Crippen LogP contribution in [-0.4, -0.2) is 6.04 Å². The predicted octanol–water partition coefficient (Wildman–Crippen LogP) is 2.46. The molecule has 4 heteroatoms. The van der Waals surface area contributed by atoms with Crippen LogP contribution in [0.3, 0.4) is 0 Å². The van der Waals surface area contributed by atoms with E-state index in [-0.39, 0.29) is 0 Å². The molecule has 1 saturated carbocycles. The van der Waals surface area contributed by atoms with Crippen LogP contribution in [0, 0.1) is 10.1 Å². The van der Waals surface area contributed by atoms with Gasteiger partial charge in [0.1, 0.15) is 5.69 Å². The topological polar surface area (TPSA) is 69.1 Å².